The molecule has 1 heterocycles. The lowest BCUT2D eigenvalue weighted by Gasteiger charge is -2.22. The van der Waals surface area contributed by atoms with Crippen molar-refractivity contribution in [1.29, 1.82) is 0 Å². The van der Waals surface area contributed by atoms with Gasteiger partial charge in [0.15, 0.2) is 0 Å². The van der Waals surface area contributed by atoms with E-state index in [4.69, 9.17) is 11.6 Å². The first-order chi connectivity index (χ1) is 8.13. The molecule has 1 atom stereocenters. The van der Waals surface area contributed by atoms with Crippen LogP contribution >= 0.6 is 22.9 Å². The zero-order chi connectivity index (χ0) is 12.8. The topological polar surface area (TPSA) is 12.0 Å². The van der Waals surface area contributed by atoms with Crippen LogP contribution in [0.2, 0.25) is 5.02 Å². The number of aryl methyl sites for hydroxylation is 1. The van der Waals surface area contributed by atoms with E-state index in [0.29, 0.717) is 6.04 Å². The third-order valence-electron chi connectivity index (χ3n) is 3.42. The highest BCUT2D eigenvalue weighted by Crippen LogP contribution is 2.36. The zero-order valence-electron chi connectivity index (χ0n) is 11.3. The van der Waals surface area contributed by atoms with Crippen LogP contribution in [0.15, 0.2) is 5.38 Å². The number of nitrogens with one attached hydrogen (secondary N) is 1. The Morgan fingerprint density at radius 3 is 2.35 bits per heavy atom. The van der Waals surface area contributed by atoms with E-state index in [2.05, 4.69) is 38.4 Å². The van der Waals surface area contributed by atoms with Gasteiger partial charge in [0.1, 0.15) is 0 Å². The van der Waals surface area contributed by atoms with Gasteiger partial charge in [0.05, 0.1) is 5.02 Å². The summed E-state index contributed by atoms with van der Waals surface area (Å²) in [5.74, 6) is 0.789. The fraction of sp³-hybridized carbons (Fsp3) is 0.714. The third-order valence-corrected chi connectivity index (χ3v) is 5.24. The molecule has 3 heteroatoms. The van der Waals surface area contributed by atoms with Gasteiger partial charge >= 0.3 is 0 Å². The molecule has 1 aromatic rings. The highest BCUT2D eigenvalue weighted by molar-refractivity contribution is 7.10. The van der Waals surface area contributed by atoms with Crippen LogP contribution in [0.5, 0.6) is 0 Å². The molecule has 0 radical (unpaired) electrons. The van der Waals surface area contributed by atoms with Gasteiger partial charge in [-0.05, 0) is 36.8 Å². The molecule has 17 heavy (non-hydrogen) atoms. The first kappa shape index (κ1) is 15.0. The number of thiophene rings is 1. The molecule has 1 N–H and O–H groups in total. The minimum absolute atomic E-state index is 0.427. The second-order valence-electron chi connectivity index (χ2n) is 4.63. The summed E-state index contributed by atoms with van der Waals surface area (Å²) in [6.07, 6.45) is 3.70. The average molecular weight is 274 g/mol. The molecular weight excluding hydrogens is 250 g/mol. The Labute approximate surface area is 115 Å². The van der Waals surface area contributed by atoms with Gasteiger partial charge in [0.25, 0.3) is 0 Å². The van der Waals surface area contributed by atoms with Crippen molar-refractivity contribution in [1.82, 2.24) is 5.32 Å². The van der Waals surface area contributed by atoms with Gasteiger partial charge in [0.2, 0.25) is 0 Å². The fourth-order valence-electron chi connectivity index (χ4n) is 2.17. The van der Waals surface area contributed by atoms with Crippen molar-refractivity contribution < 1.29 is 0 Å². The van der Waals surface area contributed by atoms with Crippen LogP contribution < -0.4 is 5.32 Å². The lowest BCUT2D eigenvalue weighted by atomic mass is 9.94. The van der Waals surface area contributed by atoms with E-state index in [0.717, 1.165) is 17.5 Å². The lowest BCUT2D eigenvalue weighted by Crippen LogP contribution is -2.22. The minimum Gasteiger partial charge on any atom is -0.309 e. The molecule has 0 aliphatic heterocycles. The number of rotatable bonds is 7. The summed E-state index contributed by atoms with van der Waals surface area (Å²) in [5.41, 5.74) is 1.21. The van der Waals surface area contributed by atoms with Crippen molar-refractivity contribution in [3.05, 3.63) is 20.8 Å². The van der Waals surface area contributed by atoms with E-state index in [1.807, 2.05) is 0 Å². The summed E-state index contributed by atoms with van der Waals surface area (Å²) in [6, 6.07) is 0.427. The van der Waals surface area contributed by atoms with Gasteiger partial charge in [-0.3, -0.25) is 0 Å². The van der Waals surface area contributed by atoms with Crippen molar-refractivity contribution in [2.24, 2.45) is 5.92 Å². The van der Waals surface area contributed by atoms with Crippen LogP contribution in [0, 0.1) is 12.8 Å². The predicted molar refractivity (Wildman–Crippen MR) is 79.2 cm³/mol. The van der Waals surface area contributed by atoms with Gasteiger partial charge in [-0.25, -0.2) is 0 Å². The average Bonchev–Trinajstić information content (AvgIpc) is 2.66. The molecule has 0 aliphatic rings. The van der Waals surface area contributed by atoms with E-state index in [-0.39, 0.29) is 0 Å². The van der Waals surface area contributed by atoms with Crippen LogP contribution in [0.4, 0.5) is 0 Å². The Morgan fingerprint density at radius 2 is 1.94 bits per heavy atom. The first-order valence-corrected chi connectivity index (χ1v) is 7.86. The molecule has 0 amide bonds. The van der Waals surface area contributed by atoms with E-state index in [9.17, 15) is 0 Å². The first-order valence-electron chi connectivity index (χ1n) is 6.60. The van der Waals surface area contributed by atoms with Crippen molar-refractivity contribution in [3.63, 3.8) is 0 Å². The van der Waals surface area contributed by atoms with Gasteiger partial charge in [-0.1, -0.05) is 45.2 Å². The van der Waals surface area contributed by atoms with Gasteiger partial charge < -0.3 is 5.32 Å². The molecule has 0 saturated heterocycles. The van der Waals surface area contributed by atoms with Gasteiger partial charge in [-0.15, -0.1) is 11.3 Å². The van der Waals surface area contributed by atoms with Crippen LogP contribution in [0.1, 0.15) is 56.5 Å². The van der Waals surface area contributed by atoms with Crippen LogP contribution in [0.25, 0.3) is 0 Å². The predicted octanol–water partition coefficient (Wildman–Crippen LogP) is 5.19. The second kappa shape index (κ2) is 7.40. The van der Waals surface area contributed by atoms with E-state index in [1.165, 1.54) is 29.7 Å². The van der Waals surface area contributed by atoms with E-state index >= 15 is 0 Å². The molecule has 0 bridgehead atoms. The second-order valence-corrected chi connectivity index (χ2v) is 5.91. The quantitative estimate of drug-likeness (QED) is 0.721. The summed E-state index contributed by atoms with van der Waals surface area (Å²) in [4.78, 5) is 1.32. The number of hydrogen-bond donors (Lipinski definition) is 1. The van der Waals surface area contributed by atoms with Crippen molar-refractivity contribution in [2.45, 2.75) is 53.0 Å². The molecule has 0 aromatic carbocycles. The monoisotopic (exact) mass is 273 g/mol. The lowest BCUT2D eigenvalue weighted by molar-refractivity contribution is 0.379. The highest BCUT2D eigenvalue weighted by Gasteiger charge is 2.20. The normalized spacial score (nSPS) is 13.3. The highest BCUT2D eigenvalue weighted by atomic mass is 35.5. The smallest absolute Gasteiger partial charge is 0.0590 e. The molecule has 1 unspecified atom stereocenters. The molecule has 1 nitrogen and oxygen atoms in total. The van der Waals surface area contributed by atoms with E-state index in [1.54, 1.807) is 11.3 Å². The molecule has 0 fully saturated rings. The minimum atomic E-state index is 0.427. The van der Waals surface area contributed by atoms with Crippen LogP contribution in [-0.2, 0) is 0 Å². The standard InChI is InChI=1S/C14H24ClNS/c1-5-11(6-2)8-12(16-7-3)14-13(15)10(4)9-17-14/h9,11-12,16H,5-8H2,1-4H3. The SMILES string of the molecule is CCNC(CC(CC)CC)c1scc(C)c1Cl. The van der Waals surface area contributed by atoms with Gasteiger partial charge in [0, 0.05) is 10.9 Å². The maximum Gasteiger partial charge on any atom is 0.0590 e. The Balaban J connectivity index is 2.81. The molecule has 1 rings (SSSR count). The summed E-state index contributed by atoms with van der Waals surface area (Å²) >= 11 is 8.17. The Bertz CT molecular complexity index is 331. The summed E-state index contributed by atoms with van der Waals surface area (Å²) < 4.78 is 0. The van der Waals surface area contributed by atoms with Crippen molar-refractivity contribution in [2.75, 3.05) is 6.54 Å². The van der Waals surface area contributed by atoms with Gasteiger partial charge in [-0.2, -0.15) is 0 Å². The Kier molecular flexibility index (Phi) is 6.53. The molecule has 0 saturated carbocycles. The molecule has 1 aromatic heterocycles. The molecule has 0 spiro atoms. The molecule has 98 valence electrons. The van der Waals surface area contributed by atoms with Crippen LogP contribution in [-0.4, -0.2) is 6.54 Å². The largest absolute Gasteiger partial charge is 0.309 e. The number of halogens is 1. The van der Waals surface area contributed by atoms with Crippen molar-refractivity contribution >= 4 is 22.9 Å². The summed E-state index contributed by atoms with van der Waals surface area (Å²) in [7, 11) is 0. The maximum absolute atomic E-state index is 6.38. The zero-order valence-corrected chi connectivity index (χ0v) is 12.9. The third kappa shape index (κ3) is 3.97. The molecular formula is C14H24ClNS. The fourth-order valence-corrected chi connectivity index (χ4v) is 3.58. The maximum atomic E-state index is 6.38. The molecule has 0 aliphatic carbocycles. The summed E-state index contributed by atoms with van der Waals surface area (Å²) in [5, 5.41) is 6.70. The summed E-state index contributed by atoms with van der Waals surface area (Å²) in [6.45, 7) is 9.80. The van der Waals surface area contributed by atoms with Crippen LogP contribution in [0.3, 0.4) is 0 Å². The number of hydrogen-bond acceptors (Lipinski definition) is 2. The van der Waals surface area contributed by atoms with Crippen molar-refractivity contribution in [3.8, 4) is 0 Å². The Morgan fingerprint density at radius 1 is 1.29 bits per heavy atom. The van der Waals surface area contributed by atoms with E-state index < -0.39 is 0 Å². The Hall–Kier alpha value is -0.0500.